The van der Waals surface area contributed by atoms with Crippen LogP contribution in [0.3, 0.4) is 0 Å². The van der Waals surface area contributed by atoms with Crippen molar-refractivity contribution in [3.8, 4) is 0 Å². The molecule has 0 fully saturated rings. The lowest BCUT2D eigenvalue weighted by atomic mass is 10.1. The molecular formula is C18H20ClN3O4S. The van der Waals surface area contributed by atoms with Gasteiger partial charge in [-0.05, 0) is 31.5 Å². The summed E-state index contributed by atoms with van der Waals surface area (Å²) in [7, 11) is 1.50. The minimum absolute atomic E-state index is 0.0573. The Kier molecular flexibility index (Phi) is 7.20. The van der Waals surface area contributed by atoms with Crippen molar-refractivity contribution in [2.45, 2.75) is 13.8 Å². The van der Waals surface area contributed by atoms with Gasteiger partial charge in [-0.25, -0.2) is 4.79 Å². The van der Waals surface area contributed by atoms with E-state index in [9.17, 15) is 14.4 Å². The van der Waals surface area contributed by atoms with E-state index in [0.29, 0.717) is 21.2 Å². The van der Waals surface area contributed by atoms with Crippen LogP contribution in [0.5, 0.6) is 0 Å². The van der Waals surface area contributed by atoms with Crippen LogP contribution >= 0.6 is 22.9 Å². The predicted molar refractivity (Wildman–Crippen MR) is 107 cm³/mol. The SMILES string of the molecule is CCOC(=O)c1c(NC(=O)CNc2ccccc2Cl)sc(C(=O)NC)c1C. The van der Waals surface area contributed by atoms with Crippen molar-refractivity contribution in [1.29, 1.82) is 0 Å². The van der Waals surface area contributed by atoms with Gasteiger partial charge in [-0.3, -0.25) is 9.59 Å². The Labute approximate surface area is 166 Å². The molecule has 0 unspecified atom stereocenters. The molecule has 1 aromatic carbocycles. The summed E-state index contributed by atoms with van der Waals surface area (Å²) in [6.45, 7) is 3.46. The summed E-state index contributed by atoms with van der Waals surface area (Å²) in [5.41, 5.74) is 1.27. The van der Waals surface area contributed by atoms with Gasteiger partial charge in [0.05, 0.1) is 34.3 Å². The van der Waals surface area contributed by atoms with Crippen LogP contribution in [-0.4, -0.2) is 38.0 Å². The zero-order chi connectivity index (χ0) is 20.0. The Bertz CT molecular complexity index is 866. The van der Waals surface area contributed by atoms with Crippen molar-refractivity contribution >= 4 is 51.4 Å². The van der Waals surface area contributed by atoms with Crippen LogP contribution in [0.1, 0.15) is 32.5 Å². The van der Waals surface area contributed by atoms with Gasteiger partial charge in [0.25, 0.3) is 5.91 Å². The highest BCUT2D eigenvalue weighted by atomic mass is 35.5. The molecular weight excluding hydrogens is 390 g/mol. The highest BCUT2D eigenvalue weighted by molar-refractivity contribution is 7.18. The van der Waals surface area contributed by atoms with E-state index in [1.165, 1.54) is 7.05 Å². The normalized spacial score (nSPS) is 10.2. The number of esters is 1. The first-order valence-electron chi connectivity index (χ1n) is 8.19. The number of anilines is 2. The molecule has 0 saturated carbocycles. The number of halogens is 1. The van der Waals surface area contributed by atoms with Gasteiger partial charge in [0.2, 0.25) is 5.91 Å². The van der Waals surface area contributed by atoms with Crippen LogP contribution < -0.4 is 16.0 Å². The Hall–Kier alpha value is -2.58. The lowest BCUT2D eigenvalue weighted by molar-refractivity contribution is -0.114. The summed E-state index contributed by atoms with van der Waals surface area (Å²) in [5.74, 6) is -1.31. The van der Waals surface area contributed by atoms with E-state index in [0.717, 1.165) is 11.3 Å². The van der Waals surface area contributed by atoms with Gasteiger partial charge < -0.3 is 20.7 Å². The fourth-order valence-corrected chi connectivity index (χ4v) is 3.69. The fourth-order valence-electron chi connectivity index (χ4n) is 2.33. The first-order chi connectivity index (χ1) is 12.9. The van der Waals surface area contributed by atoms with Crippen molar-refractivity contribution in [1.82, 2.24) is 5.32 Å². The van der Waals surface area contributed by atoms with Gasteiger partial charge in [-0.2, -0.15) is 0 Å². The van der Waals surface area contributed by atoms with Gasteiger partial charge in [0, 0.05) is 7.05 Å². The molecule has 144 valence electrons. The summed E-state index contributed by atoms with van der Waals surface area (Å²) in [6, 6.07) is 7.04. The van der Waals surface area contributed by atoms with E-state index in [4.69, 9.17) is 16.3 Å². The summed E-state index contributed by atoms with van der Waals surface area (Å²) < 4.78 is 5.05. The average Bonchev–Trinajstić information content (AvgIpc) is 2.96. The van der Waals surface area contributed by atoms with Crippen LogP contribution in [0.15, 0.2) is 24.3 Å². The van der Waals surface area contributed by atoms with Crippen molar-refractivity contribution < 1.29 is 19.1 Å². The molecule has 2 amide bonds. The number of carbonyl (C=O) groups is 3. The molecule has 0 aliphatic heterocycles. The molecule has 27 heavy (non-hydrogen) atoms. The molecule has 2 aromatic rings. The van der Waals surface area contributed by atoms with Gasteiger partial charge in [-0.15, -0.1) is 11.3 Å². The van der Waals surface area contributed by atoms with Crippen molar-refractivity contribution in [3.63, 3.8) is 0 Å². The zero-order valence-electron chi connectivity index (χ0n) is 15.1. The molecule has 0 bridgehead atoms. The van der Waals surface area contributed by atoms with Crippen molar-refractivity contribution in [3.05, 3.63) is 45.3 Å². The average molecular weight is 410 g/mol. The number of nitrogens with one attached hydrogen (secondary N) is 3. The summed E-state index contributed by atoms with van der Waals surface area (Å²) in [5, 5.41) is 8.89. The highest BCUT2D eigenvalue weighted by Crippen LogP contribution is 2.33. The number of hydrogen-bond donors (Lipinski definition) is 3. The fraction of sp³-hybridized carbons (Fsp3) is 0.278. The smallest absolute Gasteiger partial charge is 0.341 e. The minimum atomic E-state index is -0.587. The van der Waals surface area contributed by atoms with E-state index in [1.807, 2.05) is 0 Å². The van der Waals surface area contributed by atoms with E-state index in [-0.39, 0.29) is 35.5 Å². The Morgan fingerprint density at radius 1 is 1.22 bits per heavy atom. The van der Waals surface area contributed by atoms with E-state index in [2.05, 4.69) is 16.0 Å². The van der Waals surface area contributed by atoms with Crippen LogP contribution in [-0.2, 0) is 9.53 Å². The number of thiophene rings is 1. The standard InChI is InChI=1S/C18H20ClN3O4S/c1-4-26-18(25)14-10(2)15(16(24)20-3)27-17(14)22-13(23)9-21-12-8-6-5-7-11(12)19/h5-8,21H,4,9H2,1-3H3,(H,20,24)(H,22,23). The topological polar surface area (TPSA) is 96.5 Å². The van der Waals surface area contributed by atoms with Crippen LogP contribution in [0, 0.1) is 6.92 Å². The molecule has 0 aliphatic carbocycles. The molecule has 0 spiro atoms. The molecule has 0 atom stereocenters. The van der Waals surface area contributed by atoms with E-state index < -0.39 is 5.97 Å². The second-order valence-electron chi connectivity index (χ2n) is 5.44. The maximum atomic E-state index is 12.3. The Morgan fingerprint density at radius 2 is 1.93 bits per heavy atom. The molecule has 3 N–H and O–H groups in total. The number of benzene rings is 1. The highest BCUT2D eigenvalue weighted by Gasteiger charge is 2.26. The van der Waals surface area contributed by atoms with E-state index >= 15 is 0 Å². The molecule has 9 heteroatoms. The first kappa shape index (κ1) is 20.7. The molecule has 0 radical (unpaired) electrons. The summed E-state index contributed by atoms with van der Waals surface area (Å²) in [6.07, 6.45) is 0. The number of ether oxygens (including phenoxy) is 1. The van der Waals surface area contributed by atoms with Crippen LogP contribution in [0.2, 0.25) is 5.02 Å². The third-order valence-corrected chi connectivity index (χ3v) is 5.16. The van der Waals surface area contributed by atoms with E-state index in [1.54, 1.807) is 38.1 Å². The molecule has 1 heterocycles. The van der Waals surface area contributed by atoms with Crippen LogP contribution in [0.25, 0.3) is 0 Å². The third kappa shape index (κ3) is 4.99. The molecule has 0 aliphatic rings. The van der Waals surface area contributed by atoms with Gasteiger partial charge in [0.15, 0.2) is 0 Å². The third-order valence-electron chi connectivity index (χ3n) is 3.63. The number of amides is 2. The Balaban J connectivity index is 2.20. The maximum absolute atomic E-state index is 12.3. The second-order valence-corrected chi connectivity index (χ2v) is 6.87. The monoisotopic (exact) mass is 409 g/mol. The van der Waals surface area contributed by atoms with Gasteiger partial charge in [0.1, 0.15) is 5.00 Å². The lowest BCUT2D eigenvalue weighted by Crippen LogP contribution is -2.22. The van der Waals surface area contributed by atoms with Gasteiger partial charge >= 0.3 is 5.97 Å². The zero-order valence-corrected chi connectivity index (χ0v) is 16.7. The Morgan fingerprint density at radius 3 is 2.56 bits per heavy atom. The van der Waals surface area contributed by atoms with Gasteiger partial charge in [-0.1, -0.05) is 23.7 Å². The van der Waals surface area contributed by atoms with Crippen molar-refractivity contribution in [2.75, 3.05) is 30.8 Å². The summed E-state index contributed by atoms with van der Waals surface area (Å²) in [4.78, 5) is 37.0. The summed E-state index contributed by atoms with van der Waals surface area (Å²) >= 11 is 7.07. The largest absolute Gasteiger partial charge is 0.462 e. The number of carbonyl (C=O) groups excluding carboxylic acids is 3. The number of para-hydroxylation sites is 1. The molecule has 1 aromatic heterocycles. The molecule has 0 saturated heterocycles. The minimum Gasteiger partial charge on any atom is -0.462 e. The quantitative estimate of drug-likeness (QED) is 0.610. The predicted octanol–water partition coefficient (Wildman–Crippen LogP) is 3.30. The second kappa shape index (κ2) is 9.38. The van der Waals surface area contributed by atoms with Crippen LogP contribution in [0.4, 0.5) is 10.7 Å². The number of rotatable bonds is 7. The van der Waals surface area contributed by atoms with Crippen molar-refractivity contribution in [2.24, 2.45) is 0 Å². The molecule has 7 nitrogen and oxygen atoms in total. The lowest BCUT2D eigenvalue weighted by Gasteiger charge is -2.09. The number of hydrogen-bond acceptors (Lipinski definition) is 6. The first-order valence-corrected chi connectivity index (χ1v) is 9.39. The molecule has 2 rings (SSSR count). The maximum Gasteiger partial charge on any atom is 0.341 e.